The van der Waals surface area contributed by atoms with Crippen LogP contribution in [0.2, 0.25) is 0 Å². The minimum absolute atomic E-state index is 0.279. The summed E-state index contributed by atoms with van der Waals surface area (Å²) in [4.78, 5) is 10.8. The molecule has 64 valence electrons. The highest BCUT2D eigenvalue weighted by molar-refractivity contribution is 5.82. The van der Waals surface area contributed by atoms with Crippen molar-refractivity contribution in [3.8, 4) is 0 Å². The molecule has 2 N–H and O–H groups in total. The third kappa shape index (κ3) is 5.61. The van der Waals surface area contributed by atoms with Gasteiger partial charge < -0.3 is 10.5 Å². The SMILES string of the molecule is CCOC(=O)/C=C(\C)CCN. The van der Waals surface area contributed by atoms with Gasteiger partial charge in [0.15, 0.2) is 0 Å². The van der Waals surface area contributed by atoms with Crippen LogP contribution in [0.5, 0.6) is 0 Å². The summed E-state index contributed by atoms with van der Waals surface area (Å²) < 4.78 is 4.70. The molecule has 0 fully saturated rings. The monoisotopic (exact) mass is 157 g/mol. The molecule has 11 heavy (non-hydrogen) atoms. The Bertz CT molecular complexity index is 152. The summed E-state index contributed by atoms with van der Waals surface area (Å²) in [7, 11) is 0. The van der Waals surface area contributed by atoms with E-state index in [9.17, 15) is 4.79 Å². The highest BCUT2D eigenvalue weighted by atomic mass is 16.5. The van der Waals surface area contributed by atoms with Gasteiger partial charge in [0.1, 0.15) is 0 Å². The van der Waals surface area contributed by atoms with Crippen molar-refractivity contribution < 1.29 is 9.53 Å². The smallest absolute Gasteiger partial charge is 0.330 e. The molecular weight excluding hydrogens is 142 g/mol. The molecule has 0 aromatic heterocycles. The van der Waals surface area contributed by atoms with Crippen LogP contribution in [0, 0.1) is 0 Å². The lowest BCUT2D eigenvalue weighted by atomic mass is 10.2. The minimum Gasteiger partial charge on any atom is -0.463 e. The number of nitrogens with two attached hydrogens (primary N) is 1. The first-order chi connectivity index (χ1) is 5.20. The van der Waals surface area contributed by atoms with Gasteiger partial charge in [-0.25, -0.2) is 4.79 Å². The molecule has 0 aromatic rings. The van der Waals surface area contributed by atoms with Gasteiger partial charge in [-0.05, 0) is 26.8 Å². The largest absolute Gasteiger partial charge is 0.463 e. The Hall–Kier alpha value is -0.830. The Kier molecular flexibility index (Phi) is 5.47. The molecule has 0 amide bonds. The molecule has 0 aliphatic heterocycles. The van der Waals surface area contributed by atoms with Crippen LogP contribution in [-0.2, 0) is 9.53 Å². The van der Waals surface area contributed by atoms with Gasteiger partial charge in [-0.3, -0.25) is 0 Å². The summed E-state index contributed by atoms with van der Waals surface area (Å²) in [5.41, 5.74) is 6.25. The number of carbonyl (C=O) groups excluding carboxylic acids is 1. The molecule has 0 aliphatic carbocycles. The maximum Gasteiger partial charge on any atom is 0.330 e. The predicted molar refractivity (Wildman–Crippen MR) is 44.1 cm³/mol. The van der Waals surface area contributed by atoms with E-state index < -0.39 is 0 Å². The molecule has 0 saturated carbocycles. The van der Waals surface area contributed by atoms with E-state index in [4.69, 9.17) is 10.5 Å². The molecule has 0 aromatic carbocycles. The van der Waals surface area contributed by atoms with Crippen LogP contribution >= 0.6 is 0 Å². The summed E-state index contributed by atoms with van der Waals surface area (Å²) in [6.07, 6.45) is 2.23. The number of esters is 1. The van der Waals surface area contributed by atoms with Crippen molar-refractivity contribution in [2.45, 2.75) is 20.3 Å². The molecule has 0 rings (SSSR count). The second kappa shape index (κ2) is 5.92. The van der Waals surface area contributed by atoms with Crippen LogP contribution in [0.15, 0.2) is 11.6 Å². The lowest BCUT2D eigenvalue weighted by Gasteiger charge is -1.98. The third-order valence-corrected chi connectivity index (χ3v) is 1.19. The fourth-order valence-electron chi connectivity index (χ4n) is 0.685. The van der Waals surface area contributed by atoms with Crippen molar-refractivity contribution in [1.82, 2.24) is 0 Å². The van der Waals surface area contributed by atoms with Gasteiger partial charge in [0.2, 0.25) is 0 Å². The average molecular weight is 157 g/mol. The van der Waals surface area contributed by atoms with Crippen molar-refractivity contribution >= 4 is 5.97 Å². The van der Waals surface area contributed by atoms with E-state index in [-0.39, 0.29) is 5.97 Å². The number of hydrogen-bond donors (Lipinski definition) is 1. The van der Waals surface area contributed by atoms with E-state index >= 15 is 0 Å². The fraction of sp³-hybridized carbons (Fsp3) is 0.625. The summed E-state index contributed by atoms with van der Waals surface area (Å²) >= 11 is 0. The average Bonchev–Trinajstić information content (AvgIpc) is 1.87. The summed E-state index contributed by atoms with van der Waals surface area (Å²) in [6.45, 7) is 4.64. The minimum atomic E-state index is -0.279. The van der Waals surface area contributed by atoms with Gasteiger partial charge in [0.05, 0.1) is 6.61 Å². The zero-order chi connectivity index (χ0) is 8.69. The normalized spacial score (nSPS) is 11.4. The molecule has 0 heterocycles. The second-order valence-electron chi connectivity index (χ2n) is 2.28. The van der Waals surface area contributed by atoms with E-state index in [0.29, 0.717) is 13.2 Å². The standard InChI is InChI=1S/C8H15NO2/c1-3-11-8(10)6-7(2)4-5-9/h6H,3-5,9H2,1-2H3/b7-6+. The maximum absolute atomic E-state index is 10.8. The Morgan fingerprint density at radius 1 is 1.64 bits per heavy atom. The Labute approximate surface area is 67.2 Å². The van der Waals surface area contributed by atoms with E-state index in [1.54, 1.807) is 6.92 Å². The van der Waals surface area contributed by atoms with Gasteiger partial charge >= 0.3 is 5.97 Å². The Morgan fingerprint density at radius 3 is 2.73 bits per heavy atom. The number of ether oxygens (including phenoxy) is 1. The van der Waals surface area contributed by atoms with Crippen molar-refractivity contribution in [2.24, 2.45) is 5.73 Å². The third-order valence-electron chi connectivity index (χ3n) is 1.19. The van der Waals surface area contributed by atoms with Crippen LogP contribution in [-0.4, -0.2) is 19.1 Å². The van der Waals surface area contributed by atoms with Crippen LogP contribution < -0.4 is 5.73 Å². The first-order valence-corrected chi connectivity index (χ1v) is 3.74. The molecule has 0 saturated heterocycles. The number of rotatable bonds is 4. The zero-order valence-electron chi connectivity index (χ0n) is 7.09. The molecule has 0 unspecified atom stereocenters. The summed E-state index contributed by atoms with van der Waals surface area (Å²) in [5.74, 6) is -0.279. The molecule has 3 heteroatoms. The molecule has 3 nitrogen and oxygen atoms in total. The van der Waals surface area contributed by atoms with E-state index in [0.717, 1.165) is 12.0 Å². The Balaban J connectivity index is 3.76. The first kappa shape index (κ1) is 10.2. The Morgan fingerprint density at radius 2 is 2.27 bits per heavy atom. The van der Waals surface area contributed by atoms with Crippen LogP contribution in [0.1, 0.15) is 20.3 Å². The molecule has 0 bridgehead atoms. The van der Waals surface area contributed by atoms with Gasteiger partial charge in [0.25, 0.3) is 0 Å². The van der Waals surface area contributed by atoms with Crippen molar-refractivity contribution in [2.75, 3.05) is 13.2 Å². The summed E-state index contributed by atoms with van der Waals surface area (Å²) in [6, 6.07) is 0. The number of carbonyl (C=O) groups is 1. The zero-order valence-corrected chi connectivity index (χ0v) is 7.09. The van der Waals surface area contributed by atoms with Crippen LogP contribution in [0.25, 0.3) is 0 Å². The predicted octanol–water partition coefficient (Wildman–Crippen LogP) is 0.845. The van der Waals surface area contributed by atoms with Crippen molar-refractivity contribution in [1.29, 1.82) is 0 Å². The summed E-state index contributed by atoms with van der Waals surface area (Å²) in [5, 5.41) is 0. The highest BCUT2D eigenvalue weighted by Crippen LogP contribution is 1.97. The molecule has 0 spiro atoms. The second-order valence-corrected chi connectivity index (χ2v) is 2.28. The highest BCUT2D eigenvalue weighted by Gasteiger charge is 1.96. The molecular formula is C8H15NO2. The first-order valence-electron chi connectivity index (χ1n) is 3.74. The van der Waals surface area contributed by atoms with Crippen molar-refractivity contribution in [3.63, 3.8) is 0 Å². The lowest BCUT2D eigenvalue weighted by molar-refractivity contribution is -0.137. The fourth-order valence-corrected chi connectivity index (χ4v) is 0.685. The van der Waals surface area contributed by atoms with Crippen LogP contribution in [0.4, 0.5) is 0 Å². The van der Waals surface area contributed by atoms with Gasteiger partial charge in [-0.1, -0.05) is 5.57 Å². The van der Waals surface area contributed by atoms with Gasteiger partial charge in [-0.2, -0.15) is 0 Å². The molecule has 0 aliphatic rings. The number of hydrogen-bond acceptors (Lipinski definition) is 3. The van der Waals surface area contributed by atoms with E-state index in [1.807, 2.05) is 6.92 Å². The quantitative estimate of drug-likeness (QED) is 0.486. The van der Waals surface area contributed by atoms with E-state index in [2.05, 4.69) is 0 Å². The molecule has 0 radical (unpaired) electrons. The van der Waals surface area contributed by atoms with Gasteiger partial charge in [-0.15, -0.1) is 0 Å². The lowest BCUT2D eigenvalue weighted by Crippen LogP contribution is -2.03. The topological polar surface area (TPSA) is 52.3 Å². The van der Waals surface area contributed by atoms with E-state index in [1.165, 1.54) is 6.08 Å². The molecule has 0 atom stereocenters. The van der Waals surface area contributed by atoms with Crippen LogP contribution in [0.3, 0.4) is 0 Å². The maximum atomic E-state index is 10.8. The van der Waals surface area contributed by atoms with Gasteiger partial charge in [0, 0.05) is 6.08 Å². The van der Waals surface area contributed by atoms with Crippen molar-refractivity contribution in [3.05, 3.63) is 11.6 Å².